The second kappa shape index (κ2) is 7.29. The van der Waals surface area contributed by atoms with Crippen molar-refractivity contribution < 1.29 is 19.4 Å². The summed E-state index contributed by atoms with van der Waals surface area (Å²) in [6.07, 6.45) is -0.797. The van der Waals surface area contributed by atoms with Crippen molar-refractivity contribution in [3.63, 3.8) is 0 Å². The van der Waals surface area contributed by atoms with Crippen LogP contribution >= 0.6 is 0 Å². The highest BCUT2D eigenvalue weighted by Crippen LogP contribution is 2.20. The number of pyridine rings is 1. The molecule has 0 saturated carbocycles. The lowest BCUT2D eigenvalue weighted by Crippen LogP contribution is -2.57. The molecule has 0 aromatic carbocycles. The molecule has 1 fully saturated rings. The van der Waals surface area contributed by atoms with E-state index in [1.807, 2.05) is 46.8 Å². The van der Waals surface area contributed by atoms with E-state index >= 15 is 0 Å². The third-order valence-electron chi connectivity index (χ3n) is 3.99. The maximum atomic E-state index is 12.6. The summed E-state index contributed by atoms with van der Waals surface area (Å²) >= 11 is 0. The standard InChI is InChI=1S/C18H27N3O4/c1-12-8-14(9-13(2)19-12)10-15-11-20(16(22)23)6-7-21(15)17(24)25-18(3,4)5/h8-9,15H,6-7,10-11H2,1-5H3,(H,22,23). The van der Waals surface area contributed by atoms with Crippen LogP contribution in [-0.2, 0) is 11.2 Å². The lowest BCUT2D eigenvalue weighted by Gasteiger charge is -2.40. The van der Waals surface area contributed by atoms with Crippen LogP contribution in [0.4, 0.5) is 9.59 Å². The molecule has 1 aliphatic heterocycles. The van der Waals surface area contributed by atoms with Crippen LogP contribution in [0.1, 0.15) is 37.7 Å². The van der Waals surface area contributed by atoms with Gasteiger partial charge in [0.2, 0.25) is 0 Å². The predicted molar refractivity (Wildman–Crippen MR) is 93.7 cm³/mol. The molecule has 1 N–H and O–H groups in total. The lowest BCUT2D eigenvalue weighted by atomic mass is 10.0. The van der Waals surface area contributed by atoms with Gasteiger partial charge >= 0.3 is 12.2 Å². The van der Waals surface area contributed by atoms with E-state index in [0.717, 1.165) is 17.0 Å². The smallest absolute Gasteiger partial charge is 0.410 e. The molecule has 0 radical (unpaired) electrons. The second-order valence-electron chi connectivity index (χ2n) is 7.52. The summed E-state index contributed by atoms with van der Waals surface area (Å²) in [5, 5.41) is 9.30. The van der Waals surface area contributed by atoms with Gasteiger partial charge in [-0.2, -0.15) is 0 Å². The summed E-state index contributed by atoms with van der Waals surface area (Å²) in [6.45, 7) is 10.2. The molecule has 0 aliphatic carbocycles. The first-order chi connectivity index (χ1) is 11.5. The molecule has 1 atom stereocenters. The number of aryl methyl sites for hydroxylation is 2. The van der Waals surface area contributed by atoms with Crippen molar-refractivity contribution in [1.82, 2.24) is 14.8 Å². The number of piperazine rings is 1. The third kappa shape index (κ3) is 5.34. The van der Waals surface area contributed by atoms with Gasteiger partial charge in [-0.1, -0.05) is 0 Å². The zero-order valence-corrected chi connectivity index (χ0v) is 15.6. The highest BCUT2D eigenvalue weighted by atomic mass is 16.6. The Labute approximate surface area is 148 Å². The SMILES string of the molecule is Cc1cc(CC2CN(C(=O)O)CCN2C(=O)OC(C)(C)C)cc(C)n1. The molecular weight excluding hydrogens is 322 g/mol. The highest BCUT2D eigenvalue weighted by Gasteiger charge is 2.35. The van der Waals surface area contributed by atoms with Crippen LogP contribution in [0.5, 0.6) is 0 Å². The Bertz CT molecular complexity index is 634. The fourth-order valence-electron chi connectivity index (χ4n) is 3.08. The Morgan fingerprint density at radius 1 is 1.24 bits per heavy atom. The van der Waals surface area contributed by atoms with Crippen molar-refractivity contribution in [1.29, 1.82) is 0 Å². The molecule has 1 aromatic rings. The van der Waals surface area contributed by atoms with E-state index in [2.05, 4.69) is 4.98 Å². The number of hydrogen-bond acceptors (Lipinski definition) is 4. The molecule has 7 heteroatoms. The summed E-state index contributed by atoms with van der Waals surface area (Å²) < 4.78 is 5.50. The zero-order valence-electron chi connectivity index (χ0n) is 15.6. The van der Waals surface area contributed by atoms with E-state index in [4.69, 9.17) is 4.74 Å². The molecule has 2 amide bonds. The Kier molecular flexibility index (Phi) is 5.55. The first-order valence-electron chi connectivity index (χ1n) is 8.47. The van der Waals surface area contributed by atoms with Crippen LogP contribution in [0.2, 0.25) is 0 Å². The maximum Gasteiger partial charge on any atom is 0.410 e. The van der Waals surface area contributed by atoms with Crippen LogP contribution in [-0.4, -0.2) is 63.4 Å². The van der Waals surface area contributed by atoms with Gasteiger partial charge in [0.15, 0.2) is 0 Å². The minimum absolute atomic E-state index is 0.263. The summed E-state index contributed by atoms with van der Waals surface area (Å²) in [5.41, 5.74) is 2.26. The molecule has 25 heavy (non-hydrogen) atoms. The number of carboxylic acid groups (broad SMARTS) is 1. The maximum absolute atomic E-state index is 12.6. The van der Waals surface area contributed by atoms with E-state index in [1.165, 1.54) is 4.90 Å². The van der Waals surface area contributed by atoms with E-state index in [9.17, 15) is 14.7 Å². The topological polar surface area (TPSA) is 83.0 Å². The van der Waals surface area contributed by atoms with E-state index in [1.54, 1.807) is 4.90 Å². The number of carbonyl (C=O) groups excluding carboxylic acids is 1. The van der Waals surface area contributed by atoms with Gasteiger partial charge in [0.25, 0.3) is 0 Å². The minimum Gasteiger partial charge on any atom is -0.465 e. The molecule has 1 saturated heterocycles. The molecule has 2 heterocycles. The van der Waals surface area contributed by atoms with Gasteiger partial charge in [0, 0.05) is 31.0 Å². The number of nitrogens with zero attached hydrogens (tertiary/aromatic N) is 3. The van der Waals surface area contributed by atoms with Crippen molar-refractivity contribution in [2.24, 2.45) is 0 Å². The average Bonchev–Trinajstić information content (AvgIpc) is 2.43. The van der Waals surface area contributed by atoms with E-state index in [0.29, 0.717) is 19.5 Å². The molecule has 2 rings (SSSR count). The van der Waals surface area contributed by atoms with Crippen LogP contribution < -0.4 is 0 Å². The molecule has 7 nitrogen and oxygen atoms in total. The lowest BCUT2D eigenvalue weighted by molar-refractivity contribution is -0.0000202. The van der Waals surface area contributed by atoms with Gasteiger partial charge in [-0.3, -0.25) is 4.98 Å². The molecule has 1 unspecified atom stereocenters. The fourth-order valence-corrected chi connectivity index (χ4v) is 3.08. The quantitative estimate of drug-likeness (QED) is 0.888. The van der Waals surface area contributed by atoms with Crippen LogP contribution in [0.3, 0.4) is 0 Å². The van der Waals surface area contributed by atoms with Crippen molar-refractivity contribution in [2.45, 2.75) is 52.7 Å². The first-order valence-corrected chi connectivity index (χ1v) is 8.47. The van der Waals surface area contributed by atoms with Crippen LogP contribution in [0.15, 0.2) is 12.1 Å². The average molecular weight is 349 g/mol. The number of rotatable bonds is 2. The highest BCUT2D eigenvalue weighted by molar-refractivity contribution is 5.70. The number of aromatic nitrogens is 1. The van der Waals surface area contributed by atoms with Crippen molar-refractivity contribution in [3.8, 4) is 0 Å². The molecule has 138 valence electrons. The largest absolute Gasteiger partial charge is 0.465 e. The number of hydrogen-bond donors (Lipinski definition) is 1. The van der Waals surface area contributed by atoms with E-state index in [-0.39, 0.29) is 12.6 Å². The molecule has 0 bridgehead atoms. The fraction of sp³-hybridized carbons (Fsp3) is 0.611. The monoisotopic (exact) mass is 349 g/mol. The summed E-state index contributed by atoms with van der Waals surface area (Å²) in [7, 11) is 0. The second-order valence-corrected chi connectivity index (χ2v) is 7.52. The Morgan fingerprint density at radius 3 is 2.36 bits per heavy atom. The number of carbonyl (C=O) groups is 2. The number of ether oxygens (including phenoxy) is 1. The van der Waals surface area contributed by atoms with Gasteiger partial charge in [-0.05, 0) is 58.7 Å². The van der Waals surface area contributed by atoms with Gasteiger partial charge in [0.1, 0.15) is 5.60 Å². The number of amides is 2. The Hall–Kier alpha value is -2.31. The molecule has 1 aliphatic rings. The molecule has 1 aromatic heterocycles. The summed E-state index contributed by atoms with van der Waals surface area (Å²) in [5.74, 6) is 0. The van der Waals surface area contributed by atoms with Crippen LogP contribution in [0.25, 0.3) is 0 Å². The van der Waals surface area contributed by atoms with Crippen molar-refractivity contribution in [2.75, 3.05) is 19.6 Å². The van der Waals surface area contributed by atoms with E-state index < -0.39 is 17.8 Å². The van der Waals surface area contributed by atoms with Crippen molar-refractivity contribution in [3.05, 3.63) is 29.1 Å². The minimum atomic E-state index is -0.962. The van der Waals surface area contributed by atoms with Gasteiger partial charge in [-0.25, -0.2) is 9.59 Å². The van der Waals surface area contributed by atoms with Gasteiger partial charge in [0.05, 0.1) is 6.04 Å². The van der Waals surface area contributed by atoms with Crippen LogP contribution in [0, 0.1) is 13.8 Å². The third-order valence-corrected chi connectivity index (χ3v) is 3.99. The van der Waals surface area contributed by atoms with Crippen molar-refractivity contribution >= 4 is 12.2 Å². The molecule has 0 spiro atoms. The summed E-state index contributed by atoms with van der Waals surface area (Å²) in [6, 6.07) is 3.68. The first kappa shape index (κ1) is 19.0. The predicted octanol–water partition coefficient (Wildman–Crippen LogP) is 2.84. The van der Waals surface area contributed by atoms with Gasteiger partial charge < -0.3 is 19.6 Å². The Balaban J connectivity index is 2.21. The Morgan fingerprint density at radius 2 is 1.84 bits per heavy atom. The molecular formula is C18H27N3O4. The summed E-state index contributed by atoms with van der Waals surface area (Å²) in [4.78, 5) is 31.3. The zero-order chi connectivity index (χ0) is 18.8. The van der Waals surface area contributed by atoms with Gasteiger partial charge in [-0.15, -0.1) is 0 Å². The normalized spacial score (nSPS) is 18.2.